The largest absolute Gasteiger partial charge is 0.480 e. The van der Waals surface area contributed by atoms with Gasteiger partial charge in [-0.1, -0.05) is 6.42 Å². The van der Waals surface area contributed by atoms with Crippen molar-refractivity contribution in [2.24, 2.45) is 11.5 Å². The summed E-state index contributed by atoms with van der Waals surface area (Å²) >= 11 is 5.85. The van der Waals surface area contributed by atoms with Crippen LogP contribution in [0.5, 0.6) is 0 Å². The molecule has 2 heterocycles. The van der Waals surface area contributed by atoms with Crippen LogP contribution in [-0.4, -0.2) is 94.9 Å². The number of amides is 5. The molecular weight excluding hydrogens is 540 g/mol. The van der Waals surface area contributed by atoms with E-state index in [9.17, 15) is 28.8 Å². The average molecular weight is 579 g/mol. The molecule has 0 radical (unpaired) electrons. The second-order valence-electron chi connectivity index (χ2n) is 8.64. The molecule has 2 aliphatic rings. The number of carboxylic acid groups (broad SMARTS) is 1. The van der Waals surface area contributed by atoms with Gasteiger partial charge in [0.15, 0.2) is 0 Å². The van der Waals surface area contributed by atoms with Crippen molar-refractivity contribution in [3.8, 4) is 0 Å². The van der Waals surface area contributed by atoms with Gasteiger partial charge in [0, 0.05) is 29.6 Å². The van der Waals surface area contributed by atoms with Gasteiger partial charge in [-0.15, -0.1) is 0 Å². The van der Waals surface area contributed by atoms with E-state index in [2.05, 4.69) is 38.6 Å². The van der Waals surface area contributed by atoms with Crippen molar-refractivity contribution in [2.75, 3.05) is 24.7 Å². The smallest absolute Gasteiger partial charge is 0.325 e. The van der Waals surface area contributed by atoms with Gasteiger partial charge in [0.2, 0.25) is 17.7 Å². The van der Waals surface area contributed by atoms with E-state index in [0.29, 0.717) is 17.7 Å². The van der Waals surface area contributed by atoms with Crippen LogP contribution in [-0.2, 0) is 28.7 Å². The van der Waals surface area contributed by atoms with Gasteiger partial charge in [-0.2, -0.15) is 24.4 Å². The Labute approximate surface area is 230 Å². The Morgan fingerprint density at radius 3 is 2.53 bits per heavy atom. The maximum Gasteiger partial charge on any atom is 0.325 e. The molecule has 38 heavy (non-hydrogen) atoms. The topological polar surface area (TPSA) is 232 Å². The van der Waals surface area contributed by atoms with Crippen molar-refractivity contribution >= 4 is 60.1 Å². The predicted molar refractivity (Wildman–Crippen MR) is 143 cm³/mol. The van der Waals surface area contributed by atoms with Crippen LogP contribution >= 0.6 is 24.4 Å². The second kappa shape index (κ2) is 17.7. The number of ether oxygens (including phenoxy) is 1. The average Bonchev–Trinajstić information content (AvgIpc) is 3.41. The molecule has 2 fully saturated rings. The number of primary amides is 1. The number of carboxylic acids is 1. The highest BCUT2D eigenvalue weighted by Crippen LogP contribution is 2.33. The van der Waals surface area contributed by atoms with Crippen LogP contribution in [0.3, 0.4) is 0 Å². The van der Waals surface area contributed by atoms with E-state index in [4.69, 9.17) is 16.6 Å². The highest BCUT2D eigenvalue weighted by molar-refractivity contribution is 8.00. The predicted octanol–water partition coefficient (Wildman–Crippen LogP) is -1.53. The second-order valence-corrected chi connectivity index (χ2v) is 10.3. The van der Waals surface area contributed by atoms with E-state index in [0.717, 1.165) is 25.0 Å². The van der Waals surface area contributed by atoms with E-state index < -0.39 is 35.8 Å². The molecule has 0 aromatic carbocycles. The first-order valence-electron chi connectivity index (χ1n) is 12.3. The normalized spacial score (nSPS) is 20.9. The fourth-order valence-corrected chi connectivity index (χ4v) is 5.45. The summed E-state index contributed by atoms with van der Waals surface area (Å²) in [6, 6.07) is -1.56. The van der Waals surface area contributed by atoms with Crippen LogP contribution in [0.2, 0.25) is 0 Å². The fraction of sp³-hybridized carbons (Fsp3) is 0.727. The molecule has 0 aromatic rings. The number of esters is 1. The number of aliphatic carboxylic acids is 1. The van der Waals surface area contributed by atoms with E-state index in [1.165, 1.54) is 0 Å². The van der Waals surface area contributed by atoms with Gasteiger partial charge in [-0.25, -0.2) is 4.79 Å². The van der Waals surface area contributed by atoms with Crippen LogP contribution in [0.1, 0.15) is 45.4 Å². The lowest BCUT2D eigenvalue weighted by Crippen LogP contribution is -2.49. The molecule has 9 N–H and O–H groups in total. The van der Waals surface area contributed by atoms with E-state index in [1.807, 2.05) is 11.8 Å². The maximum absolute atomic E-state index is 11.8. The zero-order valence-corrected chi connectivity index (χ0v) is 23.0. The van der Waals surface area contributed by atoms with Crippen molar-refractivity contribution in [1.29, 1.82) is 0 Å². The molecule has 16 heteroatoms. The highest BCUT2D eigenvalue weighted by atomic mass is 32.2. The number of nitrogens with two attached hydrogens (primary N) is 2. The summed E-state index contributed by atoms with van der Waals surface area (Å²) < 4.78 is 4.64. The van der Waals surface area contributed by atoms with Gasteiger partial charge >= 0.3 is 18.0 Å². The van der Waals surface area contributed by atoms with Crippen LogP contribution < -0.4 is 32.7 Å². The van der Waals surface area contributed by atoms with E-state index >= 15 is 0 Å². The summed E-state index contributed by atoms with van der Waals surface area (Å²) in [5, 5.41) is 19.6. The Hall–Kier alpha value is -2.72. The summed E-state index contributed by atoms with van der Waals surface area (Å²) in [6.07, 6.45) is 3.18. The van der Waals surface area contributed by atoms with Gasteiger partial charge in [-0.05, 0) is 26.2 Å². The Kier molecular flexibility index (Phi) is 15.5. The quantitative estimate of drug-likeness (QED) is 0.0483. The summed E-state index contributed by atoms with van der Waals surface area (Å²) in [7, 11) is 0. The number of nitrogens with one attached hydrogen (secondary N) is 4. The summed E-state index contributed by atoms with van der Waals surface area (Å²) in [6.45, 7) is 1.53. The third-order valence-electron chi connectivity index (χ3n) is 5.65. The lowest BCUT2D eigenvalue weighted by Gasteiger charge is -2.16. The molecule has 0 aliphatic carbocycles. The molecule has 5 amide bonds. The molecule has 0 spiro atoms. The minimum Gasteiger partial charge on any atom is -0.480 e. The first-order chi connectivity index (χ1) is 18.0. The minimum atomic E-state index is -1.20. The van der Waals surface area contributed by atoms with Gasteiger partial charge < -0.3 is 42.6 Å². The monoisotopic (exact) mass is 578 g/mol. The molecule has 2 unspecified atom stereocenters. The molecule has 0 aromatic heterocycles. The summed E-state index contributed by atoms with van der Waals surface area (Å²) in [5.74, 6) is -2.12. The standard InChI is InChI=1S/C12H21N3O6S.C10H17N3O2S/c1-2-21-10(17)5-14-11(18)8(6-22)15-9(16)4-3-7(13)12(19)20;11-8(14)4-2-1-3-7-9-6(5-16-7)12-10(15)13-9/h7-8,22H,2-6,13H2,1H3,(H,14,18)(H,15,16)(H,19,20);6-7,9H,1-5H2,(H2,11,14)(H2,12,13,15)/t;6-,7-,9-/m.0/s1. The third kappa shape index (κ3) is 12.7. The molecular formula is C22H38N6O8S2. The summed E-state index contributed by atoms with van der Waals surface area (Å²) in [5.41, 5.74) is 10.4. The molecule has 0 bridgehead atoms. The number of carbonyl (C=O) groups is 6. The number of fused-ring (bicyclic) bond motifs is 1. The first-order valence-corrected chi connectivity index (χ1v) is 13.9. The van der Waals surface area contributed by atoms with Crippen molar-refractivity contribution in [3.63, 3.8) is 0 Å². The Morgan fingerprint density at radius 2 is 1.92 bits per heavy atom. The molecule has 14 nitrogen and oxygen atoms in total. The van der Waals surface area contributed by atoms with Crippen molar-refractivity contribution < 1.29 is 38.6 Å². The van der Waals surface area contributed by atoms with Crippen molar-refractivity contribution in [1.82, 2.24) is 21.3 Å². The molecule has 0 saturated carbocycles. The number of unbranched alkanes of at least 4 members (excludes halogenated alkanes) is 1. The van der Waals surface area contributed by atoms with Crippen molar-refractivity contribution in [3.05, 3.63) is 0 Å². The SMILES string of the molecule is CCOC(=O)CNC(=O)C(CS)NC(=O)CCC(N)C(=O)O.NC(=O)CCCC[C@@H]1SC[C@@H]2NC(=O)N[C@@H]21. The number of carbonyl (C=O) groups excluding carboxylic acids is 5. The lowest BCUT2D eigenvalue weighted by atomic mass is 10.0. The lowest BCUT2D eigenvalue weighted by molar-refractivity contribution is -0.143. The van der Waals surface area contributed by atoms with Gasteiger partial charge in [-0.3, -0.25) is 24.0 Å². The van der Waals surface area contributed by atoms with Crippen LogP contribution in [0.25, 0.3) is 0 Å². The fourth-order valence-electron chi connectivity index (χ4n) is 3.65. The first kappa shape index (κ1) is 33.3. The number of urea groups is 1. The van der Waals surface area contributed by atoms with Crippen molar-refractivity contribution in [2.45, 2.75) is 74.9 Å². The molecule has 5 atom stereocenters. The van der Waals surface area contributed by atoms with Gasteiger partial charge in [0.05, 0.1) is 18.7 Å². The molecule has 2 saturated heterocycles. The number of hydrogen-bond donors (Lipinski definition) is 8. The Morgan fingerprint density at radius 1 is 1.21 bits per heavy atom. The van der Waals surface area contributed by atoms with Gasteiger partial charge in [0.25, 0.3) is 0 Å². The minimum absolute atomic E-state index is 0.0192. The number of rotatable bonds is 15. The van der Waals surface area contributed by atoms with Gasteiger partial charge in [0.1, 0.15) is 18.6 Å². The number of hydrogen-bond acceptors (Lipinski definition) is 10. The van der Waals surface area contributed by atoms with Crippen LogP contribution in [0.15, 0.2) is 0 Å². The zero-order valence-electron chi connectivity index (χ0n) is 21.3. The molecule has 2 aliphatic heterocycles. The van der Waals surface area contributed by atoms with Crippen LogP contribution in [0, 0.1) is 0 Å². The van der Waals surface area contributed by atoms with E-state index in [1.54, 1.807) is 6.92 Å². The van der Waals surface area contributed by atoms with E-state index in [-0.39, 0.29) is 49.7 Å². The number of thioether (sulfide) groups is 1. The third-order valence-corrected chi connectivity index (χ3v) is 7.52. The molecule has 2 rings (SSSR count). The number of thiol groups is 1. The maximum atomic E-state index is 11.8. The highest BCUT2D eigenvalue weighted by Gasteiger charge is 2.42. The summed E-state index contributed by atoms with van der Waals surface area (Å²) in [4.78, 5) is 66.7. The Bertz CT molecular complexity index is 849. The zero-order chi connectivity index (χ0) is 28.7. The Balaban J connectivity index is 0.000000396. The van der Waals surface area contributed by atoms with Crippen LogP contribution in [0.4, 0.5) is 4.79 Å². The molecule has 216 valence electrons.